The fraction of sp³-hybridized carbons (Fsp3) is 0.250. The molecule has 4 bridgehead atoms. The van der Waals surface area contributed by atoms with Crippen LogP contribution in [0.25, 0.3) is 0 Å². The normalized spacial score (nSPS) is 11.9. The van der Waals surface area contributed by atoms with E-state index in [0.29, 0.717) is 0 Å². The summed E-state index contributed by atoms with van der Waals surface area (Å²) in [4.78, 5) is 0. The lowest BCUT2D eigenvalue weighted by Gasteiger charge is -2.09. The van der Waals surface area contributed by atoms with Gasteiger partial charge in [0.1, 0.15) is 0 Å². The molecule has 0 nitrogen and oxygen atoms in total. The molecular weight excluding hydrogens is 384 g/mol. The molecule has 164 valence electrons. The largest absolute Gasteiger partial charge is 0.0591 e. The molecule has 0 aliphatic heterocycles. The molecule has 0 aromatic heterocycles. The van der Waals surface area contributed by atoms with Gasteiger partial charge in [-0.15, -0.1) is 0 Å². The Bertz CT molecular complexity index is 872. The topological polar surface area (TPSA) is 0 Å². The van der Waals surface area contributed by atoms with Crippen molar-refractivity contribution in [1.82, 2.24) is 0 Å². The smallest absolute Gasteiger partial charge is 0.0238 e. The summed E-state index contributed by atoms with van der Waals surface area (Å²) >= 11 is 0. The molecule has 0 fully saturated rings. The van der Waals surface area contributed by atoms with Gasteiger partial charge in [-0.25, -0.2) is 0 Å². The lowest BCUT2D eigenvalue weighted by Crippen LogP contribution is -1.97. The van der Waals surface area contributed by atoms with Crippen molar-refractivity contribution in [3.8, 4) is 0 Å². The summed E-state index contributed by atoms with van der Waals surface area (Å²) < 4.78 is 0. The van der Waals surface area contributed by atoms with E-state index in [1.54, 1.807) is 0 Å². The van der Waals surface area contributed by atoms with E-state index in [9.17, 15) is 0 Å². The van der Waals surface area contributed by atoms with Crippen LogP contribution in [0, 0.1) is 27.7 Å². The average molecular weight is 421 g/mol. The Hall–Kier alpha value is -3.12. The standard InChI is InChI=1S/C16H16.2C8H10/c1-2-14-4-3-13(1)9-10-15-5-7-16(8-6-15)12-11-14;2*1-7-3-5-8(2)6-4-7/h1-8H,9-12H2;2*3-6H,1-2H3. The molecule has 0 spiro atoms. The molecule has 32 heavy (non-hydrogen) atoms. The molecule has 8 rings (SSSR count). The van der Waals surface area contributed by atoms with E-state index in [1.807, 2.05) is 0 Å². The third-order valence-corrected chi connectivity index (χ3v) is 5.89. The Morgan fingerprint density at radius 2 is 0.438 bits per heavy atom. The molecule has 0 heterocycles. The van der Waals surface area contributed by atoms with Crippen molar-refractivity contribution in [2.45, 2.75) is 53.4 Å². The molecule has 0 heteroatoms. The van der Waals surface area contributed by atoms with Crippen LogP contribution in [0.4, 0.5) is 0 Å². The molecule has 4 aliphatic rings. The maximum atomic E-state index is 2.28. The monoisotopic (exact) mass is 420 g/mol. The zero-order chi connectivity index (χ0) is 22.8. The minimum atomic E-state index is 1.15. The fourth-order valence-corrected chi connectivity index (χ4v) is 3.60. The van der Waals surface area contributed by atoms with Crippen LogP contribution in [0.15, 0.2) is 97.1 Å². The summed E-state index contributed by atoms with van der Waals surface area (Å²) in [6.45, 7) is 8.39. The summed E-state index contributed by atoms with van der Waals surface area (Å²) in [5.74, 6) is 0. The lowest BCUT2D eigenvalue weighted by molar-refractivity contribution is 0.921. The summed E-state index contributed by atoms with van der Waals surface area (Å²) in [6, 6.07) is 35.2. The first kappa shape index (κ1) is 23.5. The Morgan fingerprint density at radius 1 is 0.281 bits per heavy atom. The third kappa shape index (κ3) is 8.19. The highest BCUT2D eigenvalue weighted by atomic mass is 14.1. The molecule has 0 radical (unpaired) electrons. The number of hydrogen-bond donors (Lipinski definition) is 0. The molecule has 4 aliphatic carbocycles. The molecule has 0 amide bonds. The highest BCUT2D eigenvalue weighted by Crippen LogP contribution is 2.15. The first-order valence-corrected chi connectivity index (χ1v) is 11.7. The van der Waals surface area contributed by atoms with Gasteiger partial charge < -0.3 is 0 Å². The molecule has 0 saturated carbocycles. The zero-order valence-electron chi connectivity index (χ0n) is 20.1. The van der Waals surface area contributed by atoms with Crippen molar-refractivity contribution in [3.63, 3.8) is 0 Å². The Balaban J connectivity index is 0.000000152. The number of benzene rings is 4. The van der Waals surface area contributed by atoms with Crippen molar-refractivity contribution >= 4 is 0 Å². The van der Waals surface area contributed by atoms with Crippen LogP contribution in [-0.4, -0.2) is 0 Å². The second kappa shape index (κ2) is 12.1. The molecule has 4 aromatic rings. The van der Waals surface area contributed by atoms with Gasteiger partial charge in [-0.1, -0.05) is 119 Å². The summed E-state index contributed by atoms with van der Waals surface area (Å²) in [5.41, 5.74) is 11.1. The van der Waals surface area contributed by atoms with Crippen molar-refractivity contribution < 1.29 is 0 Å². The van der Waals surface area contributed by atoms with E-state index < -0.39 is 0 Å². The molecule has 0 saturated heterocycles. The number of hydrogen-bond acceptors (Lipinski definition) is 0. The van der Waals surface area contributed by atoms with E-state index in [4.69, 9.17) is 0 Å². The number of aryl methyl sites for hydroxylation is 8. The van der Waals surface area contributed by atoms with Crippen LogP contribution in [0.3, 0.4) is 0 Å². The first-order chi connectivity index (χ1) is 15.5. The second-order valence-corrected chi connectivity index (χ2v) is 8.94. The Labute approximate surface area is 195 Å². The van der Waals surface area contributed by atoms with Crippen LogP contribution in [-0.2, 0) is 25.7 Å². The molecule has 0 unspecified atom stereocenters. The van der Waals surface area contributed by atoms with Crippen LogP contribution in [0.2, 0.25) is 0 Å². The average Bonchev–Trinajstić information content (AvgIpc) is 2.81. The summed E-state index contributed by atoms with van der Waals surface area (Å²) in [5, 5.41) is 0. The zero-order valence-corrected chi connectivity index (χ0v) is 20.1. The van der Waals surface area contributed by atoms with Crippen molar-refractivity contribution in [2.75, 3.05) is 0 Å². The van der Waals surface area contributed by atoms with Gasteiger partial charge in [-0.3, -0.25) is 0 Å². The highest BCUT2D eigenvalue weighted by molar-refractivity contribution is 5.29. The van der Waals surface area contributed by atoms with Gasteiger partial charge in [-0.05, 0) is 75.6 Å². The fourth-order valence-electron chi connectivity index (χ4n) is 3.60. The Kier molecular flexibility index (Phi) is 8.87. The van der Waals surface area contributed by atoms with Gasteiger partial charge in [0, 0.05) is 0 Å². The Morgan fingerprint density at radius 3 is 0.594 bits per heavy atom. The maximum absolute atomic E-state index is 2.28. The van der Waals surface area contributed by atoms with Gasteiger partial charge in [0.05, 0.1) is 0 Å². The van der Waals surface area contributed by atoms with Gasteiger partial charge >= 0.3 is 0 Å². The number of rotatable bonds is 0. The van der Waals surface area contributed by atoms with Crippen LogP contribution >= 0.6 is 0 Å². The highest BCUT2D eigenvalue weighted by Gasteiger charge is 2.01. The summed E-state index contributed by atoms with van der Waals surface area (Å²) in [7, 11) is 0. The van der Waals surface area contributed by atoms with E-state index in [2.05, 4.69) is 125 Å². The predicted molar refractivity (Wildman–Crippen MR) is 140 cm³/mol. The molecule has 4 aromatic carbocycles. The van der Waals surface area contributed by atoms with Crippen molar-refractivity contribution in [2.24, 2.45) is 0 Å². The molecule has 0 N–H and O–H groups in total. The minimum absolute atomic E-state index is 1.15. The predicted octanol–water partition coefficient (Wildman–Crippen LogP) is 8.18. The van der Waals surface area contributed by atoms with Crippen molar-refractivity contribution in [1.29, 1.82) is 0 Å². The quantitative estimate of drug-likeness (QED) is 0.269. The van der Waals surface area contributed by atoms with Crippen LogP contribution < -0.4 is 0 Å². The first-order valence-electron chi connectivity index (χ1n) is 11.7. The second-order valence-electron chi connectivity index (χ2n) is 8.94. The molecular formula is C32H36. The summed E-state index contributed by atoms with van der Waals surface area (Å²) in [6.07, 6.45) is 4.61. The SMILES string of the molecule is Cc1ccc(C)cc1.Cc1ccc(C)cc1.c1cc2ccc1CCc1ccc(cc1)CC2. The van der Waals surface area contributed by atoms with Gasteiger partial charge in [-0.2, -0.15) is 0 Å². The maximum Gasteiger partial charge on any atom is -0.0238 e. The lowest BCUT2D eigenvalue weighted by atomic mass is 9.97. The molecule has 0 atom stereocenters. The van der Waals surface area contributed by atoms with Crippen LogP contribution in [0.1, 0.15) is 44.5 Å². The van der Waals surface area contributed by atoms with Gasteiger partial charge in [0.2, 0.25) is 0 Å². The van der Waals surface area contributed by atoms with E-state index >= 15 is 0 Å². The van der Waals surface area contributed by atoms with E-state index in [-0.39, 0.29) is 0 Å². The van der Waals surface area contributed by atoms with Crippen molar-refractivity contribution in [3.05, 3.63) is 142 Å². The van der Waals surface area contributed by atoms with E-state index in [1.165, 1.54) is 44.5 Å². The van der Waals surface area contributed by atoms with Gasteiger partial charge in [0.15, 0.2) is 0 Å². The van der Waals surface area contributed by atoms with Crippen LogP contribution in [0.5, 0.6) is 0 Å². The third-order valence-electron chi connectivity index (χ3n) is 5.89. The van der Waals surface area contributed by atoms with E-state index in [0.717, 1.165) is 25.7 Å². The minimum Gasteiger partial charge on any atom is -0.0591 e. The van der Waals surface area contributed by atoms with Gasteiger partial charge in [0.25, 0.3) is 0 Å².